The molecule has 47 heavy (non-hydrogen) atoms. The first-order valence-electron chi connectivity index (χ1n) is 15.7. The van der Waals surface area contributed by atoms with Crippen LogP contribution >= 0.6 is 0 Å². The number of hydrogen-bond acceptors (Lipinski definition) is 7. The maximum Gasteiger partial charge on any atom is 0.321 e. The summed E-state index contributed by atoms with van der Waals surface area (Å²) >= 11 is 0. The lowest BCUT2D eigenvalue weighted by molar-refractivity contribution is -0.293. The number of aliphatic hydroxyl groups is 4. The Balaban J connectivity index is 1.52. The Bertz CT molecular complexity index is 1670. The fraction of sp³-hybridized carbons (Fsp3) is 0.200. The van der Waals surface area contributed by atoms with Crippen molar-refractivity contribution >= 4 is 28.7 Å². The Kier molecular flexibility index (Phi) is 10.1. The van der Waals surface area contributed by atoms with Crippen molar-refractivity contribution in [1.82, 2.24) is 0 Å². The second kappa shape index (κ2) is 14.2. The molecule has 0 bridgehead atoms. The highest BCUT2D eigenvalue weighted by Gasteiger charge is 2.23. The van der Waals surface area contributed by atoms with E-state index in [-0.39, 0.29) is 12.8 Å². The summed E-state index contributed by atoms with van der Waals surface area (Å²) in [6.45, 7) is 7.39. The molecular formula is C40H41NO6. The molecule has 0 aromatic heterocycles. The second-order valence-corrected chi connectivity index (χ2v) is 11.6. The molecule has 7 heteroatoms. The summed E-state index contributed by atoms with van der Waals surface area (Å²) in [4.78, 5) is 2.22. The fourth-order valence-corrected chi connectivity index (χ4v) is 4.98. The molecule has 242 valence electrons. The van der Waals surface area contributed by atoms with Gasteiger partial charge in [-0.05, 0) is 103 Å². The van der Waals surface area contributed by atoms with Gasteiger partial charge in [0, 0.05) is 29.9 Å². The van der Waals surface area contributed by atoms with Gasteiger partial charge in [0.25, 0.3) is 0 Å². The summed E-state index contributed by atoms with van der Waals surface area (Å²) in [5.41, 5.74) is 9.09. The van der Waals surface area contributed by atoms with Gasteiger partial charge in [-0.15, -0.1) is 0 Å². The predicted molar refractivity (Wildman–Crippen MR) is 187 cm³/mol. The Morgan fingerprint density at radius 1 is 0.532 bits per heavy atom. The molecule has 0 fully saturated rings. The first-order valence-corrected chi connectivity index (χ1v) is 15.7. The Morgan fingerprint density at radius 3 is 1.21 bits per heavy atom. The normalized spacial score (nSPS) is 11.6. The molecule has 0 aliphatic heterocycles. The maximum absolute atomic E-state index is 9.95. The van der Waals surface area contributed by atoms with Gasteiger partial charge in [0.15, 0.2) is 0 Å². The number of benzene rings is 5. The van der Waals surface area contributed by atoms with Crippen LogP contribution in [0.3, 0.4) is 0 Å². The van der Waals surface area contributed by atoms with Crippen LogP contribution in [0.4, 0.5) is 17.1 Å². The standard InChI is InChI=1S/C40H41NO6/c1-5-39(42,43)46-36-23-13-31(14-24-36)38(32-15-25-37(26-16-32)47-40(44,45)6-2)27-30-11-21-35(22-12-30)41(33-17-7-28(3)8-18-33)34-19-9-29(4)10-20-34/h7-27,42-45H,5-6H2,1-4H3. The highest BCUT2D eigenvalue weighted by atomic mass is 16.8. The lowest BCUT2D eigenvalue weighted by Gasteiger charge is -2.26. The molecule has 7 nitrogen and oxygen atoms in total. The highest BCUT2D eigenvalue weighted by molar-refractivity contribution is 5.92. The van der Waals surface area contributed by atoms with Crippen molar-refractivity contribution in [2.45, 2.75) is 52.5 Å². The molecule has 0 amide bonds. The molecule has 4 N–H and O–H groups in total. The van der Waals surface area contributed by atoms with E-state index in [4.69, 9.17) is 9.47 Å². The maximum atomic E-state index is 9.95. The number of anilines is 3. The minimum Gasteiger partial charge on any atom is -0.439 e. The summed E-state index contributed by atoms with van der Waals surface area (Å²) in [5.74, 6) is -3.87. The van der Waals surface area contributed by atoms with E-state index in [9.17, 15) is 20.4 Å². The van der Waals surface area contributed by atoms with Crippen molar-refractivity contribution in [2.24, 2.45) is 0 Å². The first-order chi connectivity index (χ1) is 22.4. The average molecular weight is 632 g/mol. The van der Waals surface area contributed by atoms with Crippen LogP contribution in [-0.4, -0.2) is 32.4 Å². The fourth-order valence-electron chi connectivity index (χ4n) is 4.98. The van der Waals surface area contributed by atoms with E-state index in [2.05, 4.69) is 97.6 Å². The third-order valence-corrected chi connectivity index (χ3v) is 7.86. The summed E-state index contributed by atoms with van der Waals surface area (Å²) < 4.78 is 10.7. The molecule has 5 rings (SSSR count). The SMILES string of the molecule is CCC(O)(O)Oc1ccc(C(=Cc2ccc(N(c3ccc(C)cc3)c3ccc(C)cc3)cc2)c2ccc(OC(O)(O)CC)cc2)cc1. The van der Waals surface area contributed by atoms with E-state index in [1.165, 1.54) is 11.1 Å². The van der Waals surface area contributed by atoms with Gasteiger partial charge in [0.05, 0.1) is 0 Å². The van der Waals surface area contributed by atoms with Crippen LogP contribution in [0, 0.1) is 13.8 Å². The minimum absolute atomic E-state index is 0.0105. The first kappa shape index (κ1) is 33.4. The van der Waals surface area contributed by atoms with Gasteiger partial charge in [-0.3, -0.25) is 0 Å². The van der Waals surface area contributed by atoms with Crippen LogP contribution in [0.1, 0.15) is 54.5 Å². The lowest BCUT2D eigenvalue weighted by atomic mass is 9.95. The Hall–Kier alpha value is -4.92. The molecule has 0 spiro atoms. The predicted octanol–water partition coefficient (Wildman–Crippen LogP) is 8.22. The van der Waals surface area contributed by atoms with Crippen molar-refractivity contribution in [3.63, 3.8) is 0 Å². The lowest BCUT2D eigenvalue weighted by Crippen LogP contribution is -2.34. The molecule has 5 aromatic rings. The second-order valence-electron chi connectivity index (χ2n) is 11.6. The van der Waals surface area contributed by atoms with Crippen molar-refractivity contribution < 1.29 is 29.9 Å². The Labute approximate surface area is 276 Å². The molecule has 0 aliphatic carbocycles. The zero-order valence-corrected chi connectivity index (χ0v) is 27.1. The molecular weight excluding hydrogens is 590 g/mol. The van der Waals surface area contributed by atoms with E-state index in [0.717, 1.165) is 39.3 Å². The number of ether oxygens (including phenoxy) is 2. The van der Waals surface area contributed by atoms with Gasteiger partial charge in [0.2, 0.25) is 0 Å². The number of nitrogens with zero attached hydrogens (tertiary/aromatic N) is 1. The van der Waals surface area contributed by atoms with E-state index >= 15 is 0 Å². The topological polar surface area (TPSA) is 103 Å². The minimum atomic E-state index is -2.25. The summed E-state index contributed by atoms with van der Waals surface area (Å²) in [7, 11) is 0. The number of aryl methyl sites for hydroxylation is 2. The zero-order valence-electron chi connectivity index (χ0n) is 27.1. The van der Waals surface area contributed by atoms with Crippen molar-refractivity contribution in [2.75, 3.05) is 4.90 Å². The molecule has 0 atom stereocenters. The van der Waals surface area contributed by atoms with E-state index in [0.29, 0.717) is 11.5 Å². The van der Waals surface area contributed by atoms with Crippen LogP contribution in [0.5, 0.6) is 11.5 Å². The van der Waals surface area contributed by atoms with Gasteiger partial charge in [-0.1, -0.05) is 85.6 Å². The molecule has 0 radical (unpaired) electrons. The number of rotatable bonds is 12. The molecule has 0 heterocycles. The van der Waals surface area contributed by atoms with E-state index in [1.807, 2.05) is 24.3 Å². The zero-order chi connectivity index (χ0) is 33.6. The monoisotopic (exact) mass is 631 g/mol. The molecule has 0 saturated heterocycles. The summed E-state index contributed by atoms with van der Waals surface area (Å²) in [6.07, 6.45) is 2.09. The van der Waals surface area contributed by atoms with Crippen molar-refractivity contribution in [3.8, 4) is 11.5 Å². The van der Waals surface area contributed by atoms with Gasteiger partial charge in [-0.2, -0.15) is 0 Å². The largest absolute Gasteiger partial charge is 0.439 e. The summed E-state index contributed by atoms with van der Waals surface area (Å²) in [5, 5.41) is 39.8. The molecule has 5 aromatic carbocycles. The quantitative estimate of drug-likeness (QED) is 0.0813. The average Bonchev–Trinajstić information content (AvgIpc) is 3.07. The third kappa shape index (κ3) is 8.67. The van der Waals surface area contributed by atoms with Crippen LogP contribution < -0.4 is 14.4 Å². The van der Waals surface area contributed by atoms with Gasteiger partial charge < -0.3 is 34.8 Å². The van der Waals surface area contributed by atoms with E-state index in [1.54, 1.807) is 38.1 Å². The molecule has 0 aliphatic rings. The summed E-state index contributed by atoms with van der Waals surface area (Å²) in [6, 6.07) is 39.4. The molecule has 0 saturated carbocycles. The van der Waals surface area contributed by atoms with Crippen LogP contribution in [0.25, 0.3) is 11.6 Å². The Morgan fingerprint density at radius 2 is 0.872 bits per heavy atom. The number of hydrogen-bond donors (Lipinski definition) is 4. The van der Waals surface area contributed by atoms with Crippen LogP contribution in [0.2, 0.25) is 0 Å². The van der Waals surface area contributed by atoms with Gasteiger partial charge >= 0.3 is 11.9 Å². The van der Waals surface area contributed by atoms with Crippen molar-refractivity contribution in [3.05, 3.63) is 149 Å². The van der Waals surface area contributed by atoms with Crippen molar-refractivity contribution in [1.29, 1.82) is 0 Å². The highest BCUT2D eigenvalue weighted by Crippen LogP contribution is 2.36. The van der Waals surface area contributed by atoms with Gasteiger partial charge in [-0.25, -0.2) is 0 Å². The molecule has 0 unspecified atom stereocenters. The van der Waals surface area contributed by atoms with Crippen LogP contribution in [0.15, 0.2) is 121 Å². The third-order valence-electron chi connectivity index (χ3n) is 7.86. The van der Waals surface area contributed by atoms with E-state index < -0.39 is 11.9 Å². The smallest absolute Gasteiger partial charge is 0.321 e. The van der Waals surface area contributed by atoms with Gasteiger partial charge in [0.1, 0.15) is 11.5 Å². The van der Waals surface area contributed by atoms with Crippen LogP contribution in [-0.2, 0) is 0 Å².